The van der Waals surface area contributed by atoms with Gasteiger partial charge in [0.25, 0.3) is 5.92 Å². The summed E-state index contributed by atoms with van der Waals surface area (Å²) < 4.78 is 65.4. The van der Waals surface area contributed by atoms with Crippen LogP contribution < -0.4 is 0 Å². The van der Waals surface area contributed by atoms with E-state index in [4.69, 9.17) is 0 Å². The molecule has 1 fully saturated rings. The first kappa shape index (κ1) is 16.1. The van der Waals surface area contributed by atoms with Gasteiger partial charge in [-0.05, 0) is 31.0 Å². The maximum Gasteiger partial charge on any atom is 0.418 e. The van der Waals surface area contributed by atoms with Gasteiger partial charge in [0.05, 0.1) is 17.8 Å². The van der Waals surface area contributed by atoms with Crippen molar-refractivity contribution in [2.75, 3.05) is 13.1 Å². The van der Waals surface area contributed by atoms with Crippen LogP contribution in [-0.4, -0.2) is 28.9 Å². The van der Waals surface area contributed by atoms with Gasteiger partial charge in [-0.25, -0.2) is 8.78 Å². The Bertz CT molecular complexity index is 499. The van der Waals surface area contributed by atoms with Crippen molar-refractivity contribution < 1.29 is 22.0 Å². The molecule has 0 bridgehead atoms. The third-order valence-electron chi connectivity index (χ3n) is 3.55. The highest BCUT2D eigenvalue weighted by molar-refractivity contribution is 5.28. The van der Waals surface area contributed by atoms with Crippen LogP contribution in [0.3, 0.4) is 0 Å². The van der Waals surface area contributed by atoms with E-state index in [1.807, 2.05) is 0 Å². The Morgan fingerprint density at radius 2 is 2.05 bits per heavy atom. The van der Waals surface area contributed by atoms with E-state index in [1.165, 1.54) is 11.1 Å². The van der Waals surface area contributed by atoms with Crippen molar-refractivity contribution in [1.82, 2.24) is 9.88 Å². The molecule has 0 amide bonds. The summed E-state index contributed by atoms with van der Waals surface area (Å²) in [6, 6.07) is 1.03. The lowest BCUT2D eigenvalue weighted by Crippen LogP contribution is -2.42. The van der Waals surface area contributed by atoms with Gasteiger partial charge in [-0.1, -0.05) is 6.92 Å². The molecule has 0 saturated carbocycles. The summed E-state index contributed by atoms with van der Waals surface area (Å²) >= 11 is 0. The van der Waals surface area contributed by atoms with Gasteiger partial charge in [0, 0.05) is 19.2 Å². The van der Waals surface area contributed by atoms with Crippen LogP contribution in [0.15, 0.2) is 12.3 Å². The Balaban J connectivity index is 2.17. The average molecular weight is 308 g/mol. The highest BCUT2D eigenvalue weighted by Gasteiger charge is 2.36. The van der Waals surface area contributed by atoms with Crippen LogP contribution in [0.4, 0.5) is 22.0 Å². The quantitative estimate of drug-likeness (QED) is 0.788. The zero-order valence-corrected chi connectivity index (χ0v) is 11.7. The molecule has 2 heterocycles. The number of nitrogens with zero attached hydrogens (tertiary/aromatic N) is 2. The van der Waals surface area contributed by atoms with E-state index in [0.29, 0.717) is 18.5 Å². The Morgan fingerprint density at radius 1 is 1.33 bits per heavy atom. The molecule has 21 heavy (non-hydrogen) atoms. The summed E-state index contributed by atoms with van der Waals surface area (Å²) in [6.07, 6.45) is -2.76. The van der Waals surface area contributed by atoms with Crippen molar-refractivity contribution in [3.8, 4) is 0 Å². The first-order chi connectivity index (χ1) is 9.71. The SMILES string of the molecule is CCc1ncc(CN2CCCC(F)(F)C2)cc1C(F)(F)F. The zero-order chi connectivity index (χ0) is 15.7. The lowest BCUT2D eigenvalue weighted by Gasteiger charge is -2.32. The molecule has 0 N–H and O–H groups in total. The monoisotopic (exact) mass is 308 g/mol. The highest BCUT2D eigenvalue weighted by Crippen LogP contribution is 2.33. The van der Waals surface area contributed by atoms with Crippen LogP contribution in [0.2, 0.25) is 0 Å². The molecular formula is C14H17F5N2. The van der Waals surface area contributed by atoms with Crippen LogP contribution in [-0.2, 0) is 19.1 Å². The number of likely N-dealkylation sites (tertiary alicyclic amines) is 1. The highest BCUT2D eigenvalue weighted by atomic mass is 19.4. The summed E-state index contributed by atoms with van der Waals surface area (Å²) in [7, 11) is 0. The molecule has 0 radical (unpaired) electrons. The van der Waals surface area contributed by atoms with Gasteiger partial charge in [0.1, 0.15) is 0 Å². The molecule has 0 spiro atoms. The molecule has 1 aliphatic rings. The van der Waals surface area contributed by atoms with Crippen LogP contribution in [0, 0.1) is 0 Å². The molecule has 7 heteroatoms. The maximum atomic E-state index is 13.3. The van der Waals surface area contributed by atoms with E-state index < -0.39 is 24.2 Å². The predicted molar refractivity (Wildman–Crippen MR) is 68.1 cm³/mol. The average Bonchev–Trinajstić information content (AvgIpc) is 2.36. The Morgan fingerprint density at radius 3 is 2.62 bits per heavy atom. The first-order valence-corrected chi connectivity index (χ1v) is 6.86. The lowest BCUT2D eigenvalue weighted by atomic mass is 10.0. The van der Waals surface area contributed by atoms with Crippen molar-refractivity contribution in [2.45, 2.75) is 44.8 Å². The first-order valence-electron chi connectivity index (χ1n) is 6.86. The van der Waals surface area contributed by atoms with Crippen molar-refractivity contribution in [3.05, 3.63) is 29.1 Å². The van der Waals surface area contributed by atoms with Crippen LogP contribution in [0.5, 0.6) is 0 Å². The van der Waals surface area contributed by atoms with E-state index in [-0.39, 0.29) is 25.1 Å². The minimum absolute atomic E-state index is 0.0183. The molecule has 2 nitrogen and oxygen atoms in total. The van der Waals surface area contributed by atoms with Gasteiger partial charge in [0.2, 0.25) is 0 Å². The molecule has 2 rings (SSSR count). The second kappa shape index (κ2) is 5.87. The summed E-state index contributed by atoms with van der Waals surface area (Å²) in [5.41, 5.74) is -0.473. The van der Waals surface area contributed by atoms with Gasteiger partial charge in [-0.3, -0.25) is 9.88 Å². The number of piperidine rings is 1. The molecule has 0 atom stereocenters. The minimum atomic E-state index is -4.47. The van der Waals surface area contributed by atoms with E-state index >= 15 is 0 Å². The summed E-state index contributed by atoms with van der Waals surface area (Å²) in [4.78, 5) is 5.31. The van der Waals surface area contributed by atoms with E-state index in [1.54, 1.807) is 6.92 Å². The maximum absolute atomic E-state index is 13.3. The fraction of sp³-hybridized carbons (Fsp3) is 0.643. The molecule has 1 aliphatic heterocycles. The lowest BCUT2D eigenvalue weighted by molar-refractivity contribution is -0.138. The molecule has 0 unspecified atom stereocenters. The number of alkyl halides is 5. The van der Waals surface area contributed by atoms with Gasteiger partial charge in [-0.15, -0.1) is 0 Å². The van der Waals surface area contributed by atoms with Crippen LogP contribution >= 0.6 is 0 Å². The number of aryl methyl sites for hydroxylation is 1. The van der Waals surface area contributed by atoms with Crippen molar-refractivity contribution >= 4 is 0 Å². The number of aromatic nitrogens is 1. The van der Waals surface area contributed by atoms with Gasteiger partial charge >= 0.3 is 6.18 Å². The normalized spacial score (nSPS) is 19.7. The third kappa shape index (κ3) is 4.12. The third-order valence-corrected chi connectivity index (χ3v) is 3.55. The molecule has 1 saturated heterocycles. The van der Waals surface area contributed by atoms with Crippen molar-refractivity contribution in [3.63, 3.8) is 0 Å². The van der Waals surface area contributed by atoms with E-state index in [0.717, 1.165) is 6.07 Å². The minimum Gasteiger partial charge on any atom is -0.293 e. The molecule has 118 valence electrons. The van der Waals surface area contributed by atoms with Gasteiger partial charge in [-0.2, -0.15) is 13.2 Å². The summed E-state index contributed by atoms with van der Waals surface area (Å²) in [5.74, 6) is -2.76. The van der Waals surface area contributed by atoms with Crippen molar-refractivity contribution in [2.24, 2.45) is 0 Å². The fourth-order valence-corrected chi connectivity index (χ4v) is 2.59. The number of hydrogen-bond donors (Lipinski definition) is 0. The predicted octanol–water partition coefficient (Wildman–Crippen LogP) is 3.89. The van der Waals surface area contributed by atoms with Gasteiger partial charge < -0.3 is 0 Å². The second-order valence-corrected chi connectivity index (χ2v) is 5.36. The fourth-order valence-electron chi connectivity index (χ4n) is 2.59. The largest absolute Gasteiger partial charge is 0.418 e. The topological polar surface area (TPSA) is 16.1 Å². The smallest absolute Gasteiger partial charge is 0.293 e. The molecule has 1 aromatic heterocycles. The standard InChI is InChI=1S/C14H17F5N2/c1-2-12-11(14(17,18)19)6-10(7-20-12)8-21-5-3-4-13(15,16)9-21/h6-7H,2-5,8-9H2,1H3. The molecule has 1 aromatic rings. The van der Waals surface area contributed by atoms with Gasteiger partial charge in [0.15, 0.2) is 0 Å². The number of pyridine rings is 1. The Hall–Kier alpha value is -1.24. The van der Waals surface area contributed by atoms with E-state index in [9.17, 15) is 22.0 Å². The second-order valence-electron chi connectivity index (χ2n) is 5.36. The summed E-state index contributed by atoms with van der Waals surface area (Å²) in [5, 5.41) is 0. The molecular weight excluding hydrogens is 291 g/mol. The number of rotatable bonds is 3. The summed E-state index contributed by atoms with van der Waals surface area (Å²) in [6.45, 7) is 1.72. The van der Waals surface area contributed by atoms with Crippen LogP contribution in [0.1, 0.15) is 36.6 Å². The number of hydrogen-bond acceptors (Lipinski definition) is 2. The van der Waals surface area contributed by atoms with Crippen molar-refractivity contribution in [1.29, 1.82) is 0 Å². The van der Waals surface area contributed by atoms with E-state index in [2.05, 4.69) is 4.98 Å². The molecule has 0 aromatic carbocycles. The number of halogens is 5. The Kier molecular flexibility index (Phi) is 4.51. The Labute approximate surface area is 120 Å². The molecule has 0 aliphatic carbocycles. The van der Waals surface area contributed by atoms with Crippen LogP contribution in [0.25, 0.3) is 0 Å². The zero-order valence-electron chi connectivity index (χ0n) is 11.7.